The zero-order valence-electron chi connectivity index (χ0n) is 14.8. The number of benzene rings is 1. The van der Waals surface area contributed by atoms with Crippen LogP contribution < -0.4 is 0 Å². The summed E-state index contributed by atoms with van der Waals surface area (Å²) in [6.07, 6.45) is 9.70. The maximum Gasteiger partial charge on any atom is 0.313 e. The van der Waals surface area contributed by atoms with Crippen LogP contribution in [0.4, 0.5) is 0 Å². The smallest absolute Gasteiger partial charge is 0.313 e. The van der Waals surface area contributed by atoms with Gasteiger partial charge in [-0.25, -0.2) is 0 Å². The summed E-state index contributed by atoms with van der Waals surface area (Å²) < 4.78 is 5.71. The van der Waals surface area contributed by atoms with Crippen LogP contribution in [0.25, 0.3) is 0 Å². The number of rotatable bonds is 7. The molecule has 1 saturated carbocycles. The number of hydrogen-bond donors (Lipinski definition) is 0. The molecule has 1 atom stereocenters. The Hall–Kier alpha value is -1.35. The van der Waals surface area contributed by atoms with E-state index in [1.807, 2.05) is 18.2 Å². The molecule has 1 saturated heterocycles. The van der Waals surface area contributed by atoms with Crippen LogP contribution >= 0.6 is 0 Å². The number of carbonyl (C=O) groups excluding carboxylic acids is 1. The Balaban J connectivity index is 1.54. The van der Waals surface area contributed by atoms with Gasteiger partial charge in [-0.1, -0.05) is 49.6 Å². The van der Waals surface area contributed by atoms with Gasteiger partial charge < -0.3 is 9.64 Å². The van der Waals surface area contributed by atoms with Crippen molar-refractivity contribution in [3.63, 3.8) is 0 Å². The van der Waals surface area contributed by atoms with E-state index in [0.717, 1.165) is 31.4 Å². The van der Waals surface area contributed by atoms with Crippen molar-refractivity contribution in [3.8, 4) is 0 Å². The Kier molecular flexibility index (Phi) is 6.71. The van der Waals surface area contributed by atoms with Crippen molar-refractivity contribution in [1.29, 1.82) is 0 Å². The second-order valence-electron chi connectivity index (χ2n) is 7.36. The minimum Gasteiger partial charge on any atom is -0.465 e. The number of hydrogen-bond acceptors (Lipinski definition) is 3. The van der Waals surface area contributed by atoms with Crippen molar-refractivity contribution in [3.05, 3.63) is 35.9 Å². The Morgan fingerprint density at radius 1 is 1.04 bits per heavy atom. The molecule has 0 unspecified atom stereocenters. The number of ether oxygens (including phenoxy) is 1. The van der Waals surface area contributed by atoms with E-state index in [1.165, 1.54) is 45.2 Å². The summed E-state index contributed by atoms with van der Waals surface area (Å²) in [4.78, 5) is 15.3. The standard InChI is InChI=1S/C21H31NO2/c23-21(24-17-9-16-22-14-7-8-15-22)20(18-10-3-1-4-11-18)19-12-5-2-6-13-19/h1,3-4,10-11,19-20H,2,5-9,12-17H2/t20-/m1/s1. The minimum absolute atomic E-state index is 0.00507. The fraction of sp³-hybridized carbons (Fsp3) is 0.667. The van der Waals surface area contributed by atoms with Gasteiger partial charge in [0.05, 0.1) is 12.5 Å². The fourth-order valence-electron chi connectivity index (χ4n) is 4.29. The molecule has 0 amide bonds. The molecule has 3 rings (SSSR count). The molecule has 1 heterocycles. The van der Waals surface area contributed by atoms with Gasteiger partial charge >= 0.3 is 5.97 Å². The predicted octanol–water partition coefficient (Wildman–Crippen LogP) is 4.38. The van der Waals surface area contributed by atoms with Gasteiger partial charge in [-0.3, -0.25) is 4.79 Å². The SMILES string of the molecule is O=C(OCCCN1CCCC1)[C@H](c1ccccc1)C1CCCCC1. The summed E-state index contributed by atoms with van der Waals surface area (Å²) >= 11 is 0. The third kappa shape index (κ3) is 4.83. The van der Waals surface area contributed by atoms with Crippen LogP contribution in [0.1, 0.15) is 62.8 Å². The third-order valence-electron chi connectivity index (χ3n) is 5.60. The van der Waals surface area contributed by atoms with Gasteiger partial charge in [-0.2, -0.15) is 0 Å². The Labute approximate surface area is 146 Å². The van der Waals surface area contributed by atoms with Gasteiger partial charge in [0.1, 0.15) is 0 Å². The summed E-state index contributed by atoms with van der Waals surface area (Å²) in [6, 6.07) is 10.3. The maximum atomic E-state index is 12.8. The van der Waals surface area contributed by atoms with Crippen LogP contribution in [-0.2, 0) is 9.53 Å². The number of carbonyl (C=O) groups is 1. The highest BCUT2D eigenvalue weighted by Gasteiger charge is 2.32. The fourth-order valence-corrected chi connectivity index (χ4v) is 4.29. The average molecular weight is 329 g/mol. The monoisotopic (exact) mass is 329 g/mol. The molecular formula is C21H31NO2. The molecule has 0 aromatic heterocycles. The van der Waals surface area contributed by atoms with Crippen molar-refractivity contribution >= 4 is 5.97 Å². The molecule has 2 aliphatic rings. The first kappa shape index (κ1) is 17.5. The molecule has 1 aromatic carbocycles. The summed E-state index contributed by atoms with van der Waals surface area (Å²) in [6.45, 7) is 4.05. The number of esters is 1. The van der Waals surface area contributed by atoms with Crippen molar-refractivity contribution in [2.75, 3.05) is 26.2 Å². The topological polar surface area (TPSA) is 29.5 Å². The molecule has 3 heteroatoms. The van der Waals surface area contributed by atoms with Crippen LogP contribution in [-0.4, -0.2) is 37.1 Å². The molecule has 0 radical (unpaired) electrons. The van der Waals surface area contributed by atoms with E-state index >= 15 is 0 Å². The third-order valence-corrected chi connectivity index (χ3v) is 5.60. The van der Waals surface area contributed by atoms with Gasteiger partial charge in [-0.05, 0) is 56.7 Å². The van der Waals surface area contributed by atoms with Crippen LogP contribution in [0.2, 0.25) is 0 Å². The molecule has 1 aliphatic heterocycles. The highest BCUT2D eigenvalue weighted by Crippen LogP contribution is 2.36. The van der Waals surface area contributed by atoms with Crippen LogP contribution in [0.5, 0.6) is 0 Å². The van der Waals surface area contributed by atoms with Crippen LogP contribution in [0.15, 0.2) is 30.3 Å². The molecular weight excluding hydrogens is 298 g/mol. The Morgan fingerprint density at radius 2 is 1.75 bits per heavy atom. The summed E-state index contributed by atoms with van der Waals surface area (Å²) in [7, 11) is 0. The first-order valence-corrected chi connectivity index (χ1v) is 9.78. The molecule has 0 N–H and O–H groups in total. The minimum atomic E-state index is -0.0710. The lowest BCUT2D eigenvalue weighted by atomic mass is 9.77. The van der Waals surface area contributed by atoms with Crippen molar-refractivity contribution in [2.45, 2.75) is 57.3 Å². The number of likely N-dealkylation sites (tertiary alicyclic amines) is 1. The first-order valence-electron chi connectivity index (χ1n) is 9.78. The highest BCUT2D eigenvalue weighted by atomic mass is 16.5. The molecule has 1 aliphatic carbocycles. The Bertz CT molecular complexity index is 490. The van der Waals surface area contributed by atoms with E-state index in [-0.39, 0.29) is 11.9 Å². The first-order chi connectivity index (χ1) is 11.8. The van der Waals surface area contributed by atoms with E-state index in [0.29, 0.717) is 12.5 Å². The van der Waals surface area contributed by atoms with E-state index in [9.17, 15) is 4.79 Å². The quantitative estimate of drug-likeness (QED) is 0.549. The van der Waals surface area contributed by atoms with E-state index in [1.54, 1.807) is 0 Å². The van der Waals surface area contributed by atoms with Crippen molar-refractivity contribution < 1.29 is 9.53 Å². The van der Waals surface area contributed by atoms with E-state index < -0.39 is 0 Å². The van der Waals surface area contributed by atoms with Gasteiger partial charge in [-0.15, -0.1) is 0 Å². The average Bonchev–Trinajstić information content (AvgIpc) is 3.14. The van der Waals surface area contributed by atoms with Crippen LogP contribution in [0.3, 0.4) is 0 Å². The van der Waals surface area contributed by atoms with E-state index in [4.69, 9.17) is 4.74 Å². The Morgan fingerprint density at radius 3 is 2.46 bits per heavy atom. The van der Waals surface area contributed by atoms with Crippen LogP contribution in [0, 0.1) is 5.92 Å². The van der Waals surface area contributed by atoms with Gasteiger partial charge in [0.25, 0.3) is 0 Å². The lowest BCUT2D eigenvalue weighted by Crippen LogP contribution is -2.27. The predicted molar refractivity (Wildman–Crippen MR) is 97.0 cm³/mol. The molecule has 132 valence electrons. The molecule has 0 bridgehead atoms. The maximum absolute atomic E-state index is 12.8. The summed E-state index contributed by atoms with van der Waals surface area (Å²) in [5.41, 5.74) is 1.13. The molecule has 3 nitrogen and oxygen atoms in total. The molecule has 2 fully saturated rings. The van der Waals surface area contributed by atoms with Crippen molar-refractivity contribution in [1.82, 2.24) is 4.90 Å². The normalized spacial score (nSPS) is 20.8. The molecule has 1 aromatic rings. The second kappa shape index (κ2) is 9.22. The summed E-state index contributed by atoms with van der Waals surface area (Å²) in [5, 5.41) is 0. The zero-order chi connectivity index (χ0) is 16.6. The van der Waals surface area contributed by atoms with E-state index in [2.05, 4.69) is 17.0 Å². The van der Waals surface area contributed by atoms with Crippen molar-refractivity contribution in [2.24, 2.45) is 5.92 Å². The second-order valence-corrected chi connectivity index (χ2v) is 7.36. The summed E-state index contributed by atoms with van der Waals surface area (Å²) in [5.74, 6) is 0.375. The highest BCUT2D eigenvalue weighted by molar-refractivity contribution is 5.78. The van der Waals surface area contributed by atoms with Gasteiger partial charge in [0.2, 0.25) is 0 Å². The zero-order valence-corrected chi connectivity index (χ0v) is 14.8. The largest absolute Gasteiger partial charge is 0.465 e. The number of nitrogens with zero attached hydrogens (tertiary/aromatic N) is 1. The van der Waals surface area contributed by atoms with Gasteiger partial charge in [0, 0.05) is 6.54 Å². The molecule has 24 heavy (non-hydrogen) atoms. The molecule has 0 spiro atoms. The lowest BCUT2D eigenvalue weighted by Gasteiger charge is -2.29. The van der Waals surface area contributed by atoms with Gasteiger partial charge in [0.15, 0.2) is 0 Å². The lowest BCUT2D eigenvalue weighted by molar-refractivity contribution is -0.147.